The quantitative estimate of drug-likeness (QED) is 0.573. The molecule has 1 N–H and O–H groups in total. The molecule has 0 atom stereocenters. The van der Waals surface area contributed by atoms with Crippen LogP contribution in [0.4, 0.5) is 5.69 Å². The fourth-order valence-corrected chi connectivity index (χ4v) is 1.64. The van der Waals surface area contributed by atoms with E-state index in [0.29, 0.717) is 0 Å². The lowest BCUT2D eigenvalue weighted by molar-refractivity contribution is 0.570. The van der Waals surface area contributed by atoms with Crippen LogP contribution in [-0.2, 0) is 4.79 Å². The molecule has 1 rings (SSSR count). The third kappa shape index (κ3) is 2.01. The maximum atomic E-state index is 10.3. The zero-order valence-electron chi connectivity index (χ0n) is 7.13. The fourth-order valence-electron chi connectivity index (χ4n) is 0.985. The predicted molar refractivity (Wildman–Crippen MR) is 53.3 cm³/mol. The van der Waals surface area contributed by atoms with Gasteiger partial charge in [0.1, 0.15) is 0 Å². The summed E-state index contributed by atoms with van der Waals surface area (Å²) in [4.78, 5) is 11.3. The highest BCUT2D eigenvalue weighted by atomic mass is 32.2. The van der Waals surface area contributed by atoms with E-state index in [1.165, 1.54) is 17.3 Å². The van der Waals surface area contributed by atoms with Crippen LogP contribution in [0.1, 0.15) is 5.56 Å². The van der Waals surface area contributed by atoms with Gasteiger partial charge in [-0.2, -0.15) is 0 Å². The molecule has 12 heavy (non-hydrogen) atoms. The molecule has 0 amide bonds. The van der Waals surface area contributed by atoms with Crippen LogP contribution in [0.3, 0.4) is 0 Å². The molecule has 2 nitrogen and oxygen atoms in total. The van der Waals surface area contributed by atoms with Gasteiger partial charge in [-0.15, -0.1) is 0 Å². The van der Waals surface area contributed by atoms with Crippen molar-refractivity contribution in [3.05, 3.63) is 23.8 Å². The van der Waals surface area contributed by atoms with Crippen LogP contribution in [0.25, 0.3) is 0 Å². The largest absolute Gasteiger partial charge is 0.387 e. The molecule has 64 valence electrons. The zero-order chi connectivity index (χ0) is 8.97. The lowest BCUT2D eigenvalue weighted by Crippen LogP contribution is -1.90. The van der Waals surface area contributed by atoms with Gasteiger partial charge in [0.25, 0.3) is 0 Å². The normalized spacial score (nSPS) is 9.50. The summed E-state index contributed by atoms with van der Waals surface area (Å²) in [6, 6.07) is 5.98. The fraction of sp³-hybridized carbons (Fsp3) is 0.222. The van der Waals surface area contributed by atoms with Crippen molar-refractivity contribution in [2.24, 2.45) is 0 Å². The van der Waals surface area contributed by atoms with Crippen molar-refractivity contribution >= 4 is 23.1 Å². The number of rotatable bonds is 3. The van der Waals surface area contributed by atoms with Gasteiger partial charge >= 0.3 is 0 Å². The third-order valence-electron chi connectivity index (χ3n) is 1.58. The summed E-state index contributed by atoms with van der Waals surface area (Å²) >= 11 is 1.20. The first-order valence-corrected chi connectivity index (χ1v) is 4.54. The highest BCUT2D eigenvalue weighted by Gasteiger charge is 2.00. The molecule has 0 radical (unpaired) electrons. The minimum absolute atomic E-state index is 0.843. The van der Waals surface area contributed by atoms with E-state index in [2.05, 4.69) is 5.32 Å². The van der Waals surface area contributed by atoms with Crippen molar-refractivity contribution in [2.45, 2.75) is 11.8 Å². The van der Waals surface area contributed by atoms with E-state index in [-0.39, 0.29) is 0 Å². The summed E-state index contributed by atoms with van der Waals surface area (Å²) in [7, 11) is 1.85. The van der Waals surface area contributed by atoms with Gasteiger partial charge in [-0.25, -0.2) is 0 Å². The minimum atomic E-state index is 0.843. The molecule has 0 saturated heterocycles. The smallest absolute Gasteiger partial charge is 0.181 e. The van der Waals surface area contributed by atoms with Crippen molar-refractivity contribution in [1.82, 2.24) is 0 Å². The SMILES string of the molecule is CNc1ccc(C)cc1SC=O. The Morgan fingerprint density at radius 2 is 2.25 bits per heavy atom. The van der Waals surface area contributed by atoms with E-state index >= 15 is 0 Å². The number of carbonyl (C=O) groups is 1. The molecule has 0 spiro atoms. The molecular weight excluding hydrogens is 170 g/mol. The lowest BCUT2D eigenvalue weighted by atomic mass is 10.2. The van der Waals surface area contributed by atoms with Crippen molar-refractivity contribution in [3.8, 4) is 0 Å². The Morgan fingerprint density at radius 3 is 2.83 bits per heavy atom. The highest BCUT2D eigenvalue weighted by molar-refractivity contribution is 8.12. The van der Waals surface area contributed by atoms with E-state index in [1.54, 1.807) is 0 Å². The Balaban J connectivity index is 3.03. The number of thioether (sulfide) groups is 1. The van der Waals surface area contributed by atoms with E-state index < -0.39 is 0 Å². The topological polar surface area (TPSA) is 29.1 Å². The molecule has 0 aliphatic heterocycles. The maximum Gasteiger partial charge on any atom is 0.181 e. The van der Waals surface area contributed by atoms with Crippen molar-refractivity contribution in [3.63, 3.8) is 0 Å². The van der Waals surface area contributed by atoms with Gasteiger partial charge in [-0.1, -0.05) is 17.8 Å². The number of anilines is 1. The molecule has 0 saturated carbocycles. The molecule has 0 unspecified atom stereocenters. The summed E-state index contributed by atoms with van der Waals surface area (Å²) in [5, 5.41) is 3.03. The van der Waals surface area contributed by atoms with Crippen LogP contribution >= 0.6 is 11.8 Å². The first-order chi connectivity index (χ1) is 5.77. The van der Waals surface area contributed by atoms with Crippen LogP contribution in [0.5, 0.6) is 0 Å². The molecule has 3 heteroatoms. The molecule has 0 aliphatic rings. The molecule has 0 bridgehead atoms. The number of hydrogen-bond acceptors (Lipinski definition) is 3. The van der Waals surface area contributed by atoms with Crippen LogP contribution in [-0.4, -0.2) is 12.7 Å². The monoisotopic (exact) mass is 181 g/mol. The Kier molecular flexibility index (Phi) is 3.17. The van der Waals surface area contributed by atoms with Gasteiger partial charge in [0, 0.05) is 17.6 Å². The first kappa shape index (κ1) is 9.13. The molecule has 1 aromatic carbocycles. The molecular formula is C9H11NOS. The second-order valence-electron chi connectivity index (χ2n) is 2.46. The average Bonchev–Trinajstić information content (AvgIpc) is 2.05. The van der Waals surface area contributed by atoms with E-state index in [1.807, 2.05) is 32.2 Å². The summed E-state index contributed by atoms with van der Waals surface area (Å²) in [5.74, 6) is 0. The highest BCUT2D eigenvalue weighted by Crippen LogP contribution is 2.25. The second-order valence-corrected chi connectivity index (χ2v) is 3.33. The number of hydrogen-bond donors (Lipinski definition) is 1. The molecule has 0 fully saturated rings. The van der Waals surface area contributed by atoms with Crippen molar-refractivity contribution in [1.29, 1.82) is 0 Å². The van der Waals surface area contributed by atoms with Crippen LogP contribution in [0, 0.1) is 6.92 Å². The van der Waals surface area contributed by atoms with Crippen LogP contribution in [0.15, 0.2) is 23.1 Å². The summed E-state index contributed by atoms with van der Waals surface area (Å²) < 4.78 is 0. The Bertz CT molecular complexity index is 286. The molecule has 0 heterocycles. The minimum Gasteiger partial charge on any atom is -0.387 e. The van der Waals surface area contributed by atoms with Gasteiger partial charge in [-0.3, -0.25) is 4.79 Å². The number of nitrogens with one attached hydrogen (secondary N) is 1. The van der Waals surface area contributed by atoms with Crippen molar-refractivity contribution < 1.29 is 4.79 Å². The van der Waals surface area contributed by atoms with Gasteiger partial charge < -0.3 is 5.32 Å². The van der Waals surface area contributed by atoms with Crippen LogP contribution in [0.2, 0.25) is 0 Å². The van der Waals surface area contributed by atoms with Gasteiger partial charge in [0.05, 0.1) is 0 Å². The van der Waals surface area contributed by atoms with E-state index in [0.717, 1.165) is 16.2 Å². The standard InChI is InChI=1S/C9H11NOS/c1-7-3-4-8(10-2)9(5-7)12-6-11/h3-6,10H,1-2H3. The molecule has 1 aromatic rings. The first-order valence-electron chi connectivity index (χ1n) is 3.66. The van der Waals surface area contributed by atoms with Gasteiger partial charge in [-0.05, 0) is 24.6 Å². The zero-order valence-corrected chi connectivity index (χ0v) is 7.94. The summed E-state index contributed by atoms with van der Waals surface area (Å²) in [6.07, 6.45) is 0. The lowest BCUT2D eigenvalue weighted by Gasteiger charge is -2.05. The number of benzene rings is 1. The number of aryl methyl sites for hydroxylation is 1. The van der Waals surface area contributed by atoms with Crippen molar-refractivity contribution in [2.75, 3.05) is 12.4 Å². The molecule has 0 aromatic heterocycles. The molecule has 0 aliphatic carbocycles. The summed E-state index contributed by atoms with van der Waals surface area (Å²) in [5.41, 5.74) is 3.01. The maximum absolute atomic E-state index is 10.3. The Morgan fingerprint density at radius 1 is 1.50 bits per heavy atom. The van der Waals surface area contributed by atoms with E-state index in [9.17, 15) is 4.79 Å². The van der Waals surface area contributed by atoms with Gasteiger partial charge in [0.2, 0.25) is 0 Å². The Labute approximate surface area is 76.4 Å². The van der Waals surface area contributed by atoms with E-state index in [4.69, 9.17) is 0 Å². The van der Waals surface area contributed by atoms with Crippen LogP contribution < -0.4 is 5.32 Å². The Hall–Kier alpha value is -0.960. The second kappa shape index (κ2) is 4.16. The number of carbonyl (C=O) groups excluding carboxylic acids is 1. The predicted octanol–water partition coefficient (Wildman–Crippen LogP) is 2.32. The average molecular weight is 181 g/mol. The van der Waals surface area contributed by atoms with Gasteiger partial charge in [0.15, 0.2) is 5.62 Å². The summed E-state index contributed by atoms with van der Waals surface area (Å²) in [6.45, 7) is 2.01. The third-order valence-corrected chi connectivity index (χ3v) is 2.27.